The van der Waals surface area contributed by atoms with E-state index < -0.39 is 16.6 Å². The number of aromatic carboxylic acids is 1. The van der Waals surface area contributed by atoms with Crippen LogP contribution in [0.5, 0.6) is 0 Å². The SMILES string of the molecule is CC(CNc1cc(C(=O)O)c([N+](=O)[O-])cn1)c1nccs1. The van der Waals surface area contributed by atoms with Gasteiger partial charge in [-0.25, -0.2) is 14.8 Å². The van der Waals surface area contributed by atoms with E-state index in [2.05, 4.69) is 15.3 Å². The Morgan fingerprint density at radius 3 is 2.90 bits per heavy atom. The van der Waals surface area contributed by atoms with E-state index in [0.717, 1.165) is 17.3 Å². The Balaban J connectivity index is 2.12. The Labute approximate surface area is 123 Å². The number of nitrogens with zero attached hydrogens (tertiary/aromatic N) is 3. The fourth-order valence-electron chi connectivity index (χ4n) is 1.68. The van der Waals surface area contributed by atoms with Crippen molar-refractivity contribution in [2.24, 2.45) is 0 Å². The molecule has 21 heavy (non-hydrogen) atoms. The van der Waals surface area contributed by atoms with Crippen LogP contribution in [0.1, 0.15) is 28.2 Å². The molecule has 2 aromatic heterocycles. The third-order valence-corrected chi connectivity index (χ3v) is 3.78. The van der Waals surface area contributed by atoms with E-state index in [9.17, 15) is 14.9 Å². The number of thiazole rings is 1. The smallest absolute Gasteiger partial charge is 0.342 e. The molecular formula is C12H12N4O4S. The number of carbonyl (C=O) groups is 1. The van der Waals surface area contributed by atoms with Gasteiger partial charge in [-0.05, 0) is 0 Å². The Bertz CT molecular complexity index is 659. The second-order valence-corrected chi connectivity index (χ2v) is 5.23. The van der Waals surface area contributed by atoms with E-state index in [1.54, 1.807) is 6.20 Å². The van der Waals surface area contributed by atoms with Crippen LogP contribution in [0.2, 0.25) is 0 Å². The first-order valence-corrected chi connectivity index (χ1v) is 6.88. The molecule has 9 heteroatoms. The summed E-state index contributed by atoms with van der Waals surface area (Å²) in [6.45, 7) is 2.46. The van der Waals surface area contributed by atoms with Gasteiger partial charge >= 0.3 is 11.7 Å². The van der Waals surface area contributed by atoms with Gasteiger partial charge in [0.2, 0.25) is 0 Å². The second kappa shape index (κ2) is 6.27. The third-order valence-electron chi connectivity index (χ3n) is 2.77. The van der Waals surface area contributed by atoms with Gasteiger partial charge in [-0.1, -0.05) is 6.92 Å². The van der Waals surface area contributed by atoms with Gasteiger partial charge < -0.3 is 10.4 Å². The molecular weight excluding hydrogens is 296 g/mol. The van der Waals surface area contributed by atoms with Crippen molar-refractivity contribution in [3.63, 3.8) is 0 Å². The maximum atomic E-state index is 11.0. The van der Waals surface area contributed by atoms with Crippen LogP contribution in [0.4, 0.5) is 11.5 Å². The predicted molar refractivity (Wildman–Crippen MR) is 76.9 cm³/mol. The van der Waals surface area contributed by atoms with Gasteiger partial charge in [0.25, 0.3) is 0 Å². The normalized spacial score (nSPS) is 11.9. The first-order valence-electron chi connectivity index (χ1n) is 6.00. The molecule has 2 heterocycles. The molecule has 0 saturated heterocycles. The molecule has 2 rings (SSSR count). The van der Waals surface area contributed by atoms with E-state index in [-0.39, 0.29) is 17.3 Å². The highest BCUT2D eigenvalue weighted by atomic mass is 32.1. The molecule has 1 unspecified atom stereocenters. The van der Waals surface area contributed by atoms with Crippen molar-refractivity contribution in [3.05, 3.63) is 44.5 Å². The quantitative estimate of drug-likeness (QED) is 0.621. The molecule has 0 aromatic carbocycles. The van der Waals surface area contributed by atoms with Gasteiger partial charge in [0, 0.05) is 30.1 Å². The molecule has 2 aromatic rings. The molecule has 0 spiro atoms. The number of carboxylic acids is 1. The number of hydrogen-bond acceptors (Lipinski definition) is 7. The predicted octanol–water partition coefficient (Wildman–Crippen LogP) is 2.36. The molecule has 0 fully saturated rings. The topological polar surface area (TPSA) is 118 Å². The van der Waals surface area contributed by atoms with Gasteiger partial charge in [0.1, 0.15) is 17.6 Å². The highest BCUT2D eigenvalue weighted by Gasteiger charge is 2.21. The second-order valence-electron chi connectivity index (χ2n) is 4.30. The Morgan fingerprint density at radius 2 is 2.33 bits per heavy atom. The number of rotatable bonds is 6. The molecule has 0 radical (unpaired) electrons. The van der Waals surface area contributed by atoms with Crippen LogP contribution in [0.3, 0.4) is 0 Å². The summed E-state index contributed by atoms with van der Waals surface area (Å²) in [6, 6.07) is 1.16. The lowest BCUT2D eigenvalue weighted by molar-refractivity contribution is -0.385. The van der Waals surface area contributed by atoms with Crippen LogP contribution in [-0.2, 0) is 0 Å². The Kier molecular flexibility index (Phi) is 4.43. The summed E-state index contributed by atoms with van der Waals surface area (Å²) in [5, 5.41) is 25.5. The van der Waals surface area contributed by atoms with Gasteiger partial charge in [-0.2, -0.15) is 0 Å². The molecule has 0 aliphatic carbocycles. The zero-order valence-corrected chi connectivity index (χ0v) is 11.8. The van der Waals surface area contributed by atoms with Crippen LogP contribution in [-0.4, -0.2) is 32.5 Å². The van der Waals surface area contributed by atoms with E-state index in [1.807, 2.05) is 12.3 Å². The molecule has 1 atom stereocenters. The average molecular weight is 308 g/mol. The number of nitro groups is 1. The van der Waals surface area contributed by atoms with E-state index in [1.165, 1.54) is 11.3 Å². The first kappa shape index (κ1) is 14.9. The van der Waals surface area contributed by atoms with Gasteiger partial charge in [-0.3, -0.25) is 10.1 Å². The summed E-state index contributed by atoms with van der Waals surface area (Å²) in [5.74, 6) is -0.961. The molecule has 2 N–H and O–H groups in total. The standard InChI is InChI=1S/C12H12N4O4S/c1-7(11-13-2-3-21-11)5-14-10-4-8(12(17)18)9(6-15-10)16(19)20/h2-4,6-7H,5H2,1H3,(H,14,15)(H,17,18). The van der Waals surface area contributed by atoms with Crippen molar-refractivity contribution in [2.45, 2.75) is 12.8 Å². The van der Waals surface area contributed by atoms with Gasteiger partial charge in [0.05, 0.1) is 9.93 Å². The zero-order chi connectivity index (χ0) is 15.4. The molecule has 8 nitrogen and oxygen atoms in total. The summed E-state index contributed by atoms with van der Waals surface area (Å²) in [6.07, 6.45) is 2.66. The highest BCUT2D eigenvalue weighted by molar-refractivity contribution is 7.09. The monoisotopic (exact) mass is 308 g/mol. The van der Waals surface area contributed by atoms with Crippen molar-refractivity contribution in [3.8, 4) is 0 Å². The summed E-state index contributed by atoms with van der Waals surface area (Å²) in [7, 11) is 0. The lowest BCUT2D eigenvalue weighted by Gasteiger charge is -2.10. The van der Waals surface area contributed by atoms with Crippen LogP contribution in [0.15, 0.2) is 23.8 Å². The van der Waals surface area contributed by atoms with E-state index in [0.29, 0.717) is 6.54 Å². The lowest BCUT2D eigenvalue weighted by atomic mass is 10.2. The van der Waals surface area contributed by atoms with Crippen molar-refractivity contribution >= 4 is 28.8 Å². The molecule has 0 aliphatic rings. The van der Waals surface area contributed by atoms with Gasteiger partial charge in [-0.15, -0.1) is 11.3 Å². The van der Waals surface area contributed by atoms with E-state index >= 15 is 0 Å². The number of aromatic nitrogens is 2. The van der Waals surface area contributed by atoms with Crippen molar-refractivity contribution in [1.29, 1.82) is 0 Å². The van der Waals surface area contributed by atoms with Crippen molar-refractivity contribution in [2.75, 3.05) is 11.9 Å². The minimum absolute atomic E-state index is 0.121. The summed E-state index contributed by atoms with van der Waals surface area (Å²) < 4.78 is 0. The first-order chi connectivity index (χ1) is 9.99. The number of carboxylic acid groups (broad SMARTS) is 1. The number of anilines is 1. The Hall–Kier alpha value is -2.55. The largest absolute Gasteiger partial charge is 0.477 e. The molecule has 0 bridgehead atoms. The number of pyridine rings is 1. The fourth-order valence-corrected chi connectivity index (χ4v) is 2.38. The highest BCUT2D eigenvalue weighted by Crippen LogP contribution is 2.22. The summed E-state index contributed by atoms with van der Waals surface area (Å²) in [4.78, 5) is 29.1. The van der Waals surface area contributed by atoms with Gasteiger partial charge in [0.15, 0.2) is 0 Å². The molecule has 0 saturated carbocycles. The summed E-state index contributed by atoms with van der Waals surface area (Å²) >= 11 is 1.53. The maximum Gasteiger partial charge on any atom is 0.342 e. The van der Waals surface area contributed by atoms with Crippen LogP contribution in [0.25, 0.3) is 0 Å². The van der Waals surface area contributed by atoms with Crippen LogP contribution >= 0.6 is 11.3 Å². The van der Waals surface area contributed by atoms with Crippen LogP contribution in [0, 0.1) is 10.1 Å². The molecule has 110 valence electrons. The fraction of sp³-hybridized carbons (Fsp3) is 0.250. The zero-order valence-electron chi connectivity index (χ0n) is 11.0. The molecule has 0 aliphatic heterocycles. The van der Waals surface area contributed by atoms with Crippen LogP contribution < -0.4 is 5.32 Å². The average Bonchev–Trinajstić information content (AvgIpc) is 2.98. The Morgan fingerprint density at radius 1 is 1.57 bits per heavy atom. The third kappa shape index (κ3) is 3.51. The van der Waals surface area contributed by atoms with Crippen molar-refractivity contribution in [1.82, 2.24) is 9.97 Å². The summed E-state index contributed by atoms with van der Waals surface area (Å²) in [5.41, 5.74) is -0.916. The lowest BCUT2D eigenvalue weighted by Crippen LogP contribution is -2.12. The molecule has 0 amide bonds. The minimum atomic E-state index is -1.36. The minimum Gasteiger partial charge on any atom is -0.477 e. The van der Waals surface area contributed by atoms with Crippen molar-refractivity contribution < 1.29 is 14.8 Å². The van der Waals surface area contributed by atoms with E-state index in [4.69, 9.17) is 5.11 Å². The number of nitrogens with one attached hydrogen (secondary N) is 1. The number of hydrogen-bond donors (Lipinski definition) is 2. The maximum absolute atomic E-state index is 11.0.